The zero-order valence-corrected chi connectivity index (χ0v) is 11.4. The van der Waals surface area contributed by atoms with Crippen molar-refractivity contribution in [2.45, 2.75) is 57.5 Å². The van der Waals surface area contributed by atoms with Gasteiger partial charge in [0.15, 0.2) is 0 Å². The highest BCUT2D eigenvalue weighted by molar-refractivity contribution is 7.70. The molecule has 0 aromatic heterocycles. The summed E-state index contributed by atoms with van der Waals surface area (Å²) in [5, 5.41) is 8.81. The fourth-order valence-corrected chi connectivity index (χ4v) is 5.27. The Labute approximate surface area is 103 Å². The van der Waals surface area contributed by atoms with Gasteiger partial charge in [-0.15, -0.1) is 0 Å². The standard InChI is InChI=1S/C12H21O4P/c1-3-12(4-2,9-11(13)14)17(15,16)10-7-5-6-8-10/h7,15-16H,3-6,8-9H2,1-2H3/p+1. The molecule has 0 atom stereocenters. The predicted octanol–water partition coefficient (Wildman–Crippen LogP) is 2.92. The molecule has 0 aromatic carbocycles. The summed E-state index contributed by atoms with van der Waals surface area (Å²) >= 11 is 0. The van der Waals surface area contributed by atoms with Gasteiger partial charge in [0.1, 0.15) is 10.5 Å². The third-order valence-electron chi connectivity index (χ3n) is 3.88. The largest absolute Gasteiger partial charge is 0.481 e. The number of allylic oxidation sites excluding steroid dienone is 2. The van der Waals surface area contributed by atoms with Crippen molar-refractivity contribution >= 4 is 13.7 Å². The molecule has 0 radical (unpaired) electrons. The molecular weight excluding hydrogens is 239 g/mol. The third-order valence-corrected chi connectivity index (χ3v) is 7.20. The van der Waals surface area contributed by atoms with E-state index in [1.54, 1.807) is 0 Å². The number of hydrogen-bond acceptors (Lipinski definition) is 3. The zero-order chi connectivity index (χ0) is 13.1. The summed E-state index contributed by atoms with van der Waals surface area (Å²) in [4.78, 5) is 32.0. The predicted molar refractivity (Wildman–Crippen MR) is 68.9 cm³/mol. The average molecular weight is 261 g/mol. The van der Waals surface area contributed by atoms with E-state index < -0.39 is 18.8 Å². The highest BCUT2D eigenvalue weighted by Crippen LogP contribution is 2.73. The molecule has 0 heterocycles. The zero-order valence-electron chi connectivity index (χ0n) is 10.5. The number of aliphatic carboxylic acids is 1. The number of carbonyl (C=O) groups is 1. The van der Waals surface area contributed by atoms with Gasteiger partial charge in [0.2, 0.25) is 0 Å². The van der Waals surface area contributed by atoms with E-state index in [1.165, 1.54) is 0 Å². The fourth-order valence-electron chi connectivity index (χ4n) is 2.57. The van der Waals surface area contributed by atoms with Crippen LogP contribution in [0.25, 0.3) is 0 Å². The van der Waals surface area contributed by atoms with E-state index in [-0.39, 0.29) is 6.42 Å². The van der Waals surface area contributed by atoms with Crippen LogP contribution in [0.1, 0.15) is 52.4 Å². The quantitative estimate of drug-likeness (QED) is 0.642. The molecule has 1 rings (SSSR count). The number of carboxylic acids is 1. The molecule has 1 aliphatic rings. The maximum atomic E-state index is 11.0. The first-order valence-electron chi connectivity index (χ1n) is 6.15. The van der Waals surface area contributed by atoms with Crippen LogP contribution >= 0.6 is 7.72 Å². The first-order chi connectivity index (χ1) is 7.89. The topological polar surface area (TPSA) is 77.8 Å². The Balaban J connectivity index is 3.06. The lowest BCUT2D eigenvalue weighted by molar-refractivity contribution is -0.137. The van der Waals surface area contributed by atoms with Gasteiger partial charge < -0.3 is 5.11 Å². The fraction of sp³-hybridized carbons (Fsp3) is 0.750. The molecule has 0 unspecified atom stereocenters. The Morgan fingerprint density at radius 3 is 2.35 bits per heavy atom. The third kappa shape index (κ3) is 2.70. The summed E-state index contributed by atoms with van der Waals surface area (Å²) in [7, 11) is -3.30. The van der Waals surface area contributed by atoms with Gasteiger partial charge in [-0.05, 0) is 31.8 Å². The van der Waals surface area contributed by atoms with E-state index in [9.17, 15) is 14.6 Å². The van der Waals surface area contributed by atoms with Crippen LogP contribution in [-0.2, 0) is 4.79 Å². The highest BCUT2D eigenvalue weighted by atomic mass is 31.2. The van der Waals surface area contributed by atoms with E-state index in [2.05, 4.69) is 0 Å². The molecule has 0 aliphatic heterocycles. The summed E-state index contributed by atoms with van der Waals surface area (Å²) in [6.07, 6.45) is 5.18. The van der Waals surface area contributed by atoms with E-state index in [0.29, 0.717) is 24.6 Å². The Morgan fingerprint density at radius 1 is 1.41 bits per heavy atom. The second-order valence-corrected chi connectivity index (χ2v) is 7.42. The van der Waals surface area contributed by atoms with Gasteiger partial charge in [-0.3, -0.25) is 4.79 Å². The van der Waals surface area contributed by atoms with Gasteiger partial charge in [-0.1, -0.05) is 13.8 Å². The van der Waals surface area contributed by atoms with Crippen molar-refractivity contribution in [2.75, 3.05) is 0 Å². The molecule has 98 valence electrons. The average Bonchev–Trinajstić information content (AvgIpc) is 2.79. The van der Waals surface area contributed by atoms with E-state index >= 15 is 0 Å². The minimum atomic E-state index is -3.30. The van der Waals surface area contributed by atoms with Gasteiger partial charge in [0.25, 0.3) is 0 Å². The molecule has 0 fully saturated rings. The van der Waals surface area contributed by atoms with Gasteiger partial charge in [-0.2, -0.15) is 0 Å². The van der Waals surface area contributed by atoms with Crippen molar-refractivity contribution in [2.24, 2.45) is 0 Å². The molecule has 17 heavy (non-hydrogen) atoms. The maximum Gasteiger partial charge on any atom is 0.307 e. The van der Waals surface area contributed by atoms with Gasteiger partial charge in [0, 0.05) is 6.42 Å². The molecule has 0 saturated heterocycles. The normalized spacial score (nSPS) is 17.1. The minimum Gasteiger partial charge on any atom is -0.481 e. The molecule has 0 amide bonds. The molecule has 0 spiro atoms. The molecule has 1 aliphatic carbocycles. The van der Waals surface area contributed by atoms with Crippen LogP contribution in [0, 0.1) is 0 Å². The van der Waals surface area contributed by atoms with E-state index in [0.717, 1.165) is 12.8 Å². The lowest BCUT2D eigenvalue weighted by Crippen LogP contribution is -2.34. The van der Waals surface area contributed by atoms with Crippen LogP contribution in [-0.4, -0.2) is 26.0 Å². The van der Waals surface area contributed by atoms with Crippen molar-refractivity contribution in [3.05, 3.63) is 11.4 Å². The second kappa shape index (κ2) is 5.47. The van der Waals surface area contributed by atoms with Crippen molar-refractivity contribution in [3.8, 4) is 0 Å². The number of rotatable bonds is 6. The molecular formula is C12H22O4P+. The summed E-state index contributed by atoms with van der Waals surface area (Å²) < 4.78 is 0. The summed E-state index contributed by atoms with van der Waals surface area (Å²) in [6.45, 7) is 3.67. The number of hydrogen-bond donors (Lipinski definition) is 3. The van der Waals surface area contributed by atoms with Gasteiger partial charge in [-0.25, -0.2) is 9.79 Å². The van der Waals surface area contributed by atoms with Crippen molar-refractivity contribution in [1.29, 1.82) is 0 Å². The van der Waals surface area contributed by atoms with Crippen molar-refractivity contribution in [3.63, 3.8) is 0 Å². The van der Waals surface area contributed by atoms with Crippen molar-refractivity contribution in [1.82, 2.24) is 0 Å². The van der Waals surface area contributed by atoms with Crippen LogP contribution in [0.15, 0.2) is 11.4 Å². The van der Waals surface area contributed by atoms with Crippen LogP contribution in [0.2, 0.25) is 0 Å². The lowest BCUT2D eigenvalue weighted by Gasteiger charge is -2.34. The van der Waals surface area contributed by atoms with Gasteiger partial charge >= 0.3 is 13.7 Å². The summed E-state index contributed by atoms with van der Waals surface area (Å²) in [5.74, 6) is -0.959. The highest BCUT2D eigenvalue weighted by Gasteiger charge is 2.59. The molecule has 0 aromatic rings. The SMILES string of the molecule is CCC(CC)(CC(=O)O)[P+](O)(O)C1=CCCC1. The lowest BCUT2D eigenvalue weighted by atomic mass is 9.98. The Kier molecular flexibility index (Phi) is 4.70. The Morgan fingerprint density at radius 2 is 2.00 bits per heavy atom. The Bertz CT molecular complexity index is 318. The van der Waals surface area contributed by atoms with Crippen LogP contribution in [0.5, 0.6) is 0 Å². The molecule has 3 N–H and O–H groups in total. The maximum absolute atomic E-state index is 11.0. The van der Waals surface area contributed by atoms with Crippen molar-refractivity contribution < 1.29 is 19.7 Å². The van der Waals surface area contributed by atoms with Crippen LogP contribution < -0.4 is 0 Å². The number of carboxylic acid groups (broad SMARTS) is 1. The first-order valence-corrected chi connectivity index (χ1v) is 7.85. The van der Waals surface area contributed by atoms with E-state index in [1.807, 2.05) is 19.9 Å². The first kappa shape index (κ1) is 14.6. The van der Waals surface area contributed by atoms with E-state index in [4.69, 9.17) is 5.11 Å². The summed E-state index contributed by atoms with van der Waals surface area (Å²) in [6, 6.07) is 0. The Hall–Kier alpha value is -0.440. The van der Waals surface area contributed by atoms with Gasteiger partial charge in [0.05, 0.1) is 6.42 Å². The summed E-state index contributed by atoms with van der Waals surface area (Å²) in [5.41, 5.74) is 0. The van der Waals surface area contributed by atoms with Crippen LogP contribution in [0.3, 0.4) is 0 Å². The molecule has 0 bridgehead atoms. The molecule has 0 saturated carbocycles. The monoisotopic (exact) mass is 261 g/mol. The van der Waals surface area contributed by atoms with Crippen LogP contribution in [0.4, 0.5) is 0 Å². The second-order valence-electron chi connectivity index (χ2n) is 4.69. The smallest absolute Gasteiger partial charge is 0.307 e. The molecule has 5 heteroatoms. The minimum absolute atomic E-state index is 0.169. The molecule has 4 nitrogen and oxygen atoms in total.